The van der Waals surface area contributed by atoms with Crippen LogP contribution in [0.5, 0.6) is 0 Å². The summed E-state index contributed by atoms with van der Waals surface area (Å²) in [6.45, 7) is 18.0. The summed E-state index contributed by atoms with van der Waals surface area (Å²) in [5, 5.41) is 0. The minimum absolute atomic E-state index is 0.979. The van der Waals surface area contributed by atoms with Gasteiger partial charge in [-0.1, -0.05) is 32.3 Å². The lowest BCUT2D eigenvalue weighted by Gasteiger charge is -2.26. The molecule has 0 fully saturated rings. The molecule has 0 aromatic carbocycles. The van der Waals surface area contributed by atoms with Gasteiger partial charge in [0.2, 0.25) is 16.6 Å². The molecular weight excluding hydrogens is 292 g/mol. The summed E-state index contributed by atoms with van der Waals surface area (Å²) in [6.07, 6.45) is 5.64. The third-order valence-electron chi connectivity index (χ3n) is 3.22. The van der Waals surface area contributed by atoms with Gasteiger partial charge in [-0.15, -0.1) is 0 Å². The third kappa shape index (κ3) is 6.03. The Balaban J connectivity index is 3.15. The molecule has 0 N–H and O–H groups in total. The maximum absolute atomic E-state index is 6.46. The summed E-state index contributed by atoms with van der Waals surface area (Å²) >= 11 is 0. The van der Waals surface area contributed by atoms with E-state index in [9.17, 15) is 0 Å². The topological polar surface area (TPSA) is 18.5 Å². The van der Waals surface area contributed by atoms with Gasteiger partial charge in [0, 0.05) is 6.42 Å². The van der Waals surface area contributed by atoms with Crippen molar-refractivity contribution in [2.45, 2.75) is 85.2 Å². The van der Waals surface area contributed by atoms with Gasteiger partial charge in [-0.25, -0.2) is 0 Å². The second-order valence-corrected chi connectivity index (χ2v) is 16.8. The van der Waals surface area contributed by atoms with Crippen molar-refractivity contribution in [3.63, 3.8) is 0 Å². The van der Waals surface area contributed by atoms with Crippen molar-refractivity contribution in [3.05, 3.63) is 22.7 Å². The number of hydrogen-bond donors (Lipinski definition) is 0. The zero-order valence-electron chi connectivity index (χ0n) is 15.4. The SMILES string of the molecule is CCCC1=C(CCC)C(O[Si](C)(C)C)=C(O[Si](C)(C)C)C1. The quantitative estimate of drug-likeness (QED) is 0.494. The first-order valence-electron chi connectivity index (χ1n) is 8.39. The van der Waals surface area contributed by atoms with E-state index in [1.165, 1.54) is 24.8 Å². The second kappa shape index (κ2) is 7.18. The minimum atomic E-state index is -1.62. The molecule has 1 aliphatic rings. The van der Waals surface area contributed by atoms with E-state index in [0.29, 0.717) is 0 Å². The smallest absolute Gasteiger partial charge is 0.242 e. The van der Waals surface area contributed by atoms with Crippen LogP contribution in [0.25, 0.3) is 0 Å². The van der Waals surface area contributed by atoms with Crippen molar-refractivity contribution in [1.82, 2.24) is 0 Å². The first kappa shape index (κ1) is 18.6. The highest BCUT2D eigenvalue weighted by Gasteiger charge is 2.32. The molecule has 0 bridgehead atoms. The van der Waals surface area contributed by atoms with Crippen LogP contribution in [0.2, 0.25) is 39.3 Å². The molecule has 21 heavy (non-hydrogen) atoms. The Bertz CT molecular complexity index is 423. The Morgan fingerprint density at radius 1 is 0.810 bits per heavy atom. The molecule has 0 saturated heterocycles. The molecule has 0 radical (unpaired) electrons. The zero-order valence-corrected chi connectivity index (χ0v) is 17.4. The Morgan fingerprint density at radius 2 is 1.33 bits per heavy atom. The average Bonchev–Trinajstić information content (AvgIpc) is 2.55. The second-order valence-electron chi connectivity index (χ2n) is 7.94. The predicted molar refractivity (Wildman–Crippen MR) is 97.3 cm³/mol. The lowest BCUT2D eigenvalue weighted by atomic mass is 10.0. The molecule has 0 heterocycles. The Hall–Kier alpha value is -0.486. The van der Waals surface area contributed by atoms with Gasteiger partial charge < -0.3 is 8.85 Å². The monoisotopic (exact) mass is 326 g/mol. The van der Waals surface area contributed by atoms with Gasteiger partial charge in [0.25, 0.3) is 0 Å². The molecule has 0 spiro atoms. The van der Waals surface area contributed by atoms with Gasteiger partial charge in [-0.05, 0) is 57.7 Å². The molecule has 0 aliphatic heterocycles. The van der Waals surface area contributed by atoms with E-state index in [2.05, 4.69) is 53.1 Å². The summed E-state index contributed by atoms with van der Waals surface area (Å²) in [6, 6.07) is 0. The van der Waals surface area contributed by atoms with Crippen LogP contribution in [0, 0.1) is 0 Å². The first-order valence-corrected chi connectivity index (χ1v) is 15.2. The summed E-state index contributed by atoms with van der Waals surface area (Å²) in [5.74, 6) is 2.24. The normalized spacial score (nSPS) is 16.8. The van der Waals surface area contributed by atoms with E-state index in [0.717, 1.165) is 24.4 Å². The summed E-state index contributed by atoms with van der Waals surface area (Å²) in [4.78, 5) is 0. The largest absolute Gasteiger partial charge is 0.544 e. The van der Waals surface area contributed by atoms with Crippen molar-refractivity contribution in [1.29, 1.82) is 0 Å². The summed E-state index contributed by atoms with van der Waals surface area (Å²) in [7, 11) is -3.21. The van der Waals surface area contributed by atoms with Crippen LogP contribution in [0.1, 0.15) is 46.0 Å². The highest BCUT2D eigenvalue weighted by molar-refractivity contribution is 6.70. The standard InChI is InChI=1S/C17H34O2Si2/c1-9-11-14-13-16(18-20(3,4)5)17(15(14)12-10-2)19-21(6,7)8/h9-13H2,1-8H3. The van der Waals surface area contributed by atoms with Crippen LogP contribution in [-0.4, -0.2) is 16.6 Å². The Morgan fingerprint density at radius 3 is 1.76 bits per heavy atom. The van der Waals surface area contributed by atoms with Crippen molar-refractivity contribution >= 4 is 16.6 Å². The molecule has 0 unspecified atom stereocenters. The maximum Gasteiger partial charge on any atom is 0.242 e. The fourth-order valence-electron chi connectivity index (χ4n) is 2.67. The Kier molecular flexibility index (Phi) is 6.35. The van der Waals surface area contributed by atoms with Crippen LogP contribution in [-0.2, 0) is 8.85 Å². The number of allylic oxidation sites excluding steroid dienone is 2. The van der Waals surface area contributed by atoms with Crippen LogP contribution < -0.4 is 0 Å². The van der Waals surface area contributed by atoms with E-state index in [4.69, 9.17) is 8.85 Å². The molecule has 0 saturated carbocycles. The Labute approximate surface area is 133 Å². The number of rotatable bonds is 8. The molecule has 1 rings (SSSR count). The van der Waals surface area contributed by atoms with Gasteiger partial charge in [0.15, 0.2) is 0 Å². The lowest BCUT2D eigenvalue weighted by molar-refractivity contribution is 0.347. The molecule has 2 nitrogen and oxygen atoms in total. The van der Waals surface area contributed by atoms with Crippen LogP contribution >= 0.6 is 0 Å². The molecule has 0 aromatic rings. The van der Waals surface area contributed by atoms with E-state index in [-0.39, 0.29) is 0 Å². The number of hydrogen-bond acceptors (Lipinski definition) is 2. The molecule has 0 amide bonds. The van der Waals surface area contributed by atoms with Gasteiger partial charge in [0.05, 0.1) is 0 Å². The molecule has 122 valence electrons. The van der Waals surface area contributed by atoms with Crippen LogP contribution in [0.4, 0.5) is 0 Å². The van der Waals surface area contributed by atoms with Crippen molar-refractivity contribution < 1.29 is 8.85 Å². The van der Waals surface area contributed by atoms with E-state index in [1.54, 1.807) is 5.57 Å². The highest BCUT2D eigenvalue weighted by Crippen LogP contribution is 2.40. The molecule has 1 aliphatic carbocycles. The molecule has 4 heteroatoms. The minimum Gasteiger partial charge on any atom is -0.544 e. The van der Waals surface area contributed by atoms with Crippen molar-refractivity contribution in [2.24, 2.45) is 0 Å². The fourth-order valence-corrected chi connectivity index (χ4v) is 4.42. The first-order chi connectivity index (χ1) is 9.57. The maximum atomic E-state index is 6.46. The average molecular weight is 327 g/mol. The van der Waals surface area contributed by atoms with Crippen molar-refractivity contribution in [3.8, 4) is 0 Å². The predicted octanol–water partition coefficient (Wildman–Crippen LogP) is 6.20. The van der Waals surface area contributed by atoms with Gasteiger partial charge in [-0.3, -0.25) is 0 Å². The summed E-state index contributed by atoms with van der Waals surface area (Å²) in [5.41, 5.74) is 3.01. The van der Waals surface area contributed by atoms with Gasteiger partial charge in [0.1, 0.15) is 11.5 Å². The highest BCUT2D eigenvalue weighted by atomic mass is 28.4. The van der Waals surface area contributed by atoms with E-state index >= 15 is 0 Å². The zero-order chi connectivity index (χ0) is 16.3. The fraction of sp³-hybridized carbons (Fsp3) is 0.765. The summed E-state index contributed by atoms with van der Waals surface area (Å²) < 4.78 is 12.8. The third-order valence-corrected chi connectivity index (χ3v) is 4.89. The molecule has 0 aromatic heterocycles. The molecule has 0 atom stereocenters. The van der Waals surface area contributed by atoms with Gasteiger partial charge >= 0.3 is 0 Å². The van der Waals surface area contributed by atoms with E-state index < -0.39 is 16.6 Å². The lowest BCUT2D eigenvalue weighted by Crippen LogP contribution is -2.28. The van der Waals surface area contributed by atoms with Gasteiger partial charge in [-0.2, -0.15) is 0 Å². The van der Waals surface area contributed by atoms with E-state index in [1.807, 2.05) is 0 Å². The molecular formula is C17H34O2Si2. The van der Waals surface area contributed by atoms with Crippen LogP contribution in [0.3, 0.4) is 0 Å². The van der Waals surface area contributed by atoms with Crippen LogP contribution in [0.15, 0.2) is 22.7 Å². The van der Waals surface area contributed by atoms with Crippen molar-refractivity contribution in [2.75, 3.05) is 0 Å².